The molecule has 0 atom stereocenters. The molecule has 3 aromatic rings. The summed E-state index contributed by atoms with van der Waals surface area (Å²) in [5.41, 5.74) is 7.37. The lowest BCUT2D eigenvalue weighted by Crippen LogP contribution is -2.13. The lowest BCUT2D eigenvalue weighted by atomic mass is 10.1. The number of amides is 1. The van der Waals surface area contributed by atoms with Crippen molar-refractivity contribution in [3.8, 4) is 0 Å². The van der Waals surface area contributed by atoms with E-state index in [1.807, 2.05) is 6.92 Å². The maximum atomic E-state index is 12.9. The highest BCUT2D eigenvalue weighted by Gasteiger charge is 2.31. The molecule has 8 nitrogen and oxygen atoms in total. The molecular formula is C20H19ClF3N7O. The number of aryl methyl sites for hydroxylation is 1. The maximum Gasteiger partial charge on any atom is 0.416 e. The molecule has 0 unspecified atom stereocenters. The molecule has 3 N–H and O–H groups in total. The van der Waals surface area contributed by atoms with E-state index in [2.05, 4.69) is 25.3 Å². The van der Waals surface area contributed by atoms with E-state index in [-0.39, 0.29) is 17.5 Å². The van der Waals surface area contributed by atoms with Gasteiger partial charge in [0.05, 0.1) is 30.0 Å². The zero-order valence-corrected chi connectivity index (χ0v) is 17.7. The van der Waals surface area contributed by atoms with E-state index in [1.165, 1.54) is 11.0 Å². The zero-order valence-electron chi connectivity index (χ0n) is 16.9. The third-order valence-corrected chi connectivity index (χ3v) is 4.59. The molecule has 0 saturated carbocycles. The number of hydrogen-bond acceptors (Lipinski definition) is 7. The van der Waals surface area contributed by atoms with Crippen LogP contribution in [0.25, 0.3) is 0 Å². The fourth-order valence-electron chi connectivity index (χ4n) is 3.01. The first-order chi connectivity index (χ1) is 15.2. The summed E-state index contributed by atoms with van der Waals surface area (Å²) < 4.78 is 38.6. The fourth-order valence-corrected chi connectivity index (χ4v) is 3.20. The molecule has 1 aliphatic heterocycles. The zero-order chi connectivity index (χ0) is 23.3. The number of nitrogen functional groups attached to an aromatic ring is 1. The van der Waals surface area contributed by atoms with E-state index < -0.39 is 11.7 Å². The first kappa shape index (κ1) is 23.2. The number of alkyl halides is 3. The quantitative estimate of drug-likeness (QED) is 0.344. The molecule has 3 heterocycles. The molecule has 0 aliphatic carbocycles. The average molecular weight is 466 g/mol. The van der Waals surface area contributed by atoms with E-state index in [0.29, 0.717) is 42.1 Å². The number of benzene rings is 1. The molecule has 0 spiro atoms. The summed E-state index contributed by atoms with van der Waals surface area (Å²) in [4.78, 5) is 28.3. The number of carbonyl (C=O) groups is 1. The standard InChI is InChI=1S/C15H13ClF3N5O.C5H6N2/c16-14-22-12-6-24(7-25)5-11(12)13(23-14)21-4-8-1-9(15(17,18)19)3-10(20)2-8;1-5-4-6-2-3-7-5/h1-3,7H,4-6,20H2,(H,21,22,23);2-4H,1H3. The van der Waals surface area contributed by atoms with Crippen molar-refractivity contribution in [3.05, 3.63) is 70.2 Å². The van der Waals surface area contributed by atoms with Gasteiger partial charge in [0.25, 0.3) is 0 Å². The Morgan fingerprint density at radius 3 is 2.59 bits per heavy atom. The summed E-state index contributed by atoms with van der Waals surface area (Å²) >= 11 is 5.87. The number of rotatable bonds is 4. The Balaban J connectivity index is 0.000000352. The highest BCUT2D eigenvalue weighted by molar-refractivity contribution is 6.28. The minimum Gasteiger partial charge on any atom is -0.399 e. The van der Waals surface area contributed by atoms with Gasteiger partial charge in [-0.1, -0.05) is 0 Å². The number of fused-ring (bicyclic) bond motifs is 1. The molecule has 168 valence electrons. The minimum atomic E-state index is -4.48. The number of halogens is 4. The Morgan fingerprint density at radius 1 is 1.22 bits per heavy atom. The molecule has 1 amide bonds. The second kappa shape index (κ2) is 9.77. The van der Waals surface area contributed by atoms with Crippen LogP contribution in [-0.2, 0) is 30.6 Å². The summed E-state index contributed by atoms with van der Waals surface area (Å²) in [5.74, 6) is 0.385. The van der Waals surface area contributed by atoms with Crippen LogP contribution < -0.4 is 11.1 Å². The molecule has 4 rings (SSSR count). The van der Waals surface area contributed by atoms with Crippen LogP contribution in [0.15, 0.2) is 36.8 Å². The van der Waals surface area contributed by atoms with E-state index in [4.69, 9.17) is 17.3 Å². The molecule has 1 aliphatic rings. The van der Waals surface area contributed by atoms with Gasteiger partial charge in [0.15, 0.2) is 0 Å². The van der Waals surface area contributed by atoms with E-state index >= 15 is 0 Å². The lowest BCUT2D eigenvalue weighted by molar-refractivity contribution is -0.137. The van der Waals surface area contributed by atoms with Gasteiger partial charge in [-0.3, -0.25) is 14.8 Å². The van der Waals surface area contributed by atoms with Crippen molar-refractivity contribution in [2.24, 2.45) is 0 Å². The van der Waals surface area contributed by atoms with Gasteiger partial charge < -0.3 is 16.0 Å². The fraction of sp³-hybridized carbons (Fsp3) is 0.250. The van der Waals surface area contributed by atoms with Gasteiger partial charge in [0, 0.05) is 36.4 Å². The van der Waals surface area contributed by atoms with Crippen LogP contribution in [0.1, 0.15) is 28.1 Å². The Labute approximate surface area is 186 Å². The average Bonchev–Trinajstić information content (AvgIpc) is 3.15. The highest BCUT2D eigenvalue weighted by Crippen LogP contribution is 2.32. The van der Waals surface area contributed by atoms with Crippen LogP contribution in [0, 0.1) is 6.92 Å². The van der Waals surface area contributed by atoms with Gasteiger partial charge in [0.1, 0.15) is 5.82 Å². The molecule has 0 saturated heterocycles. The number of hydrogen-bond donors (Lipinski definition) is 2. The number of carbonyl (C=O) groups excluding carboxylic acids is 1. The number of aromatic nitrogens is 4. The Hall–Kier alpha value is -3.47. The number of nitrogens with one attached hydrogen (secondary N) is 1. The third kappa shape index (κ3) is 6.03. The van der Waals surface area contributed by atoms with Crippen LogP contribution in [0.3, 0.4) is 0 Å². The number of nitrogens with two attached hydrogens (primary N) is 1. The van der Waals surface area contributed by atoms with Crippen molar-refractivity contribution < 1.29 is 18.0 Å². The van der Waals surface area contributed by atoms with Gasteiger partial charge in [0.2, 0.25) is 11.7 Å². The smallest absolute Gasteiger partial charge is 0.399 e. The maximum absolute atomic E-state index is 12.9. The van der Waals surface area contributed by atoms with Crippen LogP contribution in [-0.4, -0.2) is 31.2 Å². The highest BCUT2D eigenvalue weighted by atomic mass is 35.5. The molecule has 0 fully saturated rings. The number of nitrogens with zero attached hydrogens (tertiary/aromatic N) is 5. The molecule has 2 aromatic heterocycles. The lowest BCUT2D eigenvalue weighted by Gasteiger charge is -2.13. The summed E-state index contributed by atoms with van der Waals surface area (Å²) in [7, 11) is 0. The van der Waals surface area contributed by atoms with Crippen molar-refractivity contribution >= 4 is 29.5 Å². The topological polar surface area (TPSA) is 110 Å². The minimum absolute atomic E-state index is 0.00226. The summed E-state index contributed by atoms with van der Waals surface area (Å²) in [6.07, 6.45) is 1.27. The SMILES string of the molecule is Cc1cnccn1.Nc1cc(CNc2nc(Cl)nc3c2CN(C=O)C3)cc(C(F)(F)F)c1. The van der Waals surface area contributed by atoms with Gasteiger partial charge in [-0.05, 0) is 42.3 Å². The van der Waals surface area contributed by atoms with Gasteiger partial charge >= 0.3 is 6.18 Å². The van der Waals surface area contributed by atoms with Crippen molar-refractivity contribution in [1.29, 1.82) is 0 Å². The molecule has 32 heavy (non-hydrogen) atoms. The normalized spacial score (nSPS) is 12.6. The summed E-state index contributed by atoms with van der Waals surface area (Å²) in [6.45, 7) is 2.59. The van der Waals surface area contributed by atoms with Crippen LogP contribution in [0.5, 0.6) is 0 Å². The molecule has 1 aromatic carbocycles. The van der Waals surface area contributed by atoms with Crippen LogP contribution in [0.4, 0.5) is 24.7 Å². The second-order valence-corrected chi connectivity index (χ2v) is 7.28. The molecule has 0 radical (unpaired) electrons. The van der Waals surface area contributed by atoms with Crippen molar-refractivity contribution in [3.63, 3.8) is 0 Å². The van der Waals surface area contributed by atoms with E-state index in [0.717, 1.165) is 17.8 Å². The predicted octanol–water partition coefficient (Wildman–Crippen LogP) is 3.60. The Bertz CT molecular complexity index is 1100. The van der Waals surface area contributed by atoms with Crippen LogP contribution in [0.2, 0.25) is 5.28 Å². The Morgan fingerprint density at radius 2 is 2.00 bits per heavy atom. The van der Waals surface area contributed by atoms with Crippen LogP contribution >= 0.6 is 11.6 Å². The summed E-state index contributed by atoms with van der Waals surface area (Å²) in [5, 5.41) is 2.95. The van der Waals surface area contributed by atoms with Gasteiger partial charge in [-0.25, -0.2) is 9.97 Å². The first-order valence-corrected chi connectivity index (χ1v) is 9.71. The monoisotopic (exact) mass is 465 g/mol. The van der Waals surface area contributed by atoms with Gasteiger partial charge in [-0.2, -0.15) is 13.2 Å². The largest absolute Gasteiger partial charge is 0.416 e. The second-order valence-electron chi connectivity index (χ2n) is 6.94. The van der Waals surface area contributed by atoms with Crippen molar-refractivity contribution in [2.75, 3.05) is 11.1 Å². The number of anilines is 2. The van der Waals surface area contributed by atoms with Crippen molar-refractivity contribution in [1.82, 2.24) is 24.8 Å². The Kier molecular flexibility index (Phi) is 7.08. The van der Waals surface area contributed by atoms with E-state index in [9.17, 15) is 18.0 Å². The molecule has 12 heteroatoms. The van der Waals surface area contributed by atoms with E-state index in [1.54, 1.807) is 18.6 Å². The van der Waals surface area contributed by atoms with Gasteiger partial charge in [-0.15, -0.1) is 0 Å². The molecular weight excluding hydrogens is 447 g/mol. The third-order valence-electron chi connectivity index (χ3n) is 4.42. The summed E-state index contributed by atoms with van der Waals surface area (Å²) in [6, 6.07) is 3.35. The predicted molar refractivity (Wildman–Crippen MR) is 112 cm³/mol. The first-order valence-electron chi connectivity index (χ1n) is 9.33. The molecule has 0 bridgehead atoms. The van der Waals surface area contributed by atoms with Crippen molar-refractivity contribution in [2.45, 2.75) is 32.7 Å².